The van der Waals surface area contributed by atoms with Crippen LogP contribution in [0.5, 0.6) is 0 Å². The summed E-state index contributed by atoms with van der Waals surface area (Å²) in [6.07, 6.45) is 4.75. The van der Waals surface area contributed by atoms with E-state index in [0.717, 1.165) is 17.0 Å². The van der Waals surface area contributed by atoms with Crippen LogP contribution >= 0.6 is 11.3 Å². The van der Waals surface area contributed by atoms with Crippen LogP contribution in [0.25, 0.3) is 10.6 Å². The van der Waals surface area contributed by atoms with Gasteiger partial charge >= 0.3 is 0 Å². The SMILES string of the molecule is Cc1nc(-c2ccncc2)sc1CC(C)C. The molecule has 84 valence electrons. The van der Waals surface area contributed by atoms with Gasteiger partial charge in [0.2, 0.25) is 0 Å². The largest absolute Gasteiger partial charge is 0.265 e. The molecule has 0 radical (unpaired) electrons. The average molecular weight is 232 g/mol. The molecule has 2 heterocycles. The summed E-state index contributed by atoms with van der Waals surface area (Å²) in [7, 11) is 0. The first kappa shape index (κ1) is 11.3. The van der Waals surface area contributed by atoms with Crippen molar-refractivity contribution in [2.75, 3.05) is 0 Å². The van der Waals surface area contributed by atoms with Crippen molar-refractivity contribution in [3.05, 3.63) is 35.1 Å². The zero-order chi connectivity index (χ0) is 11.5. The third kappa shape index (κ3) is 2.47. The highest BCUT2D eigenvalue weighted by Crippen LogP contribution is 2.28. The van der Waals surface area contributed by atoms with E-state index < -0.39 is 0 Å². The normalized spacial score (nSPS) is 11.0. The molecule has 0 saturated heterocycles. The van der Waals surface area contributed by atoms with E-state index in [2.05, 4.69) is 30.7 Å². The number of thiazole rings is 1. The van der Waals surface area contributed by atoms with Crippen molar-refractivity contribution in [2.45, 2.75) is 27.2 Å². The lowest BCUT2D eigenvalue weighted by atomic mass is 10.1. The van der Waals surface area contributed by atoms with Crippen molar-refractivity contribution in [3.63, 3.8) is 0 Å². The lowest BCUT2D eigenvalue weighted by molar-refractivity contribution is 0.651. The van der Waals surface area contributed by atoms with Crippen LogP contribution in [-0.4, -0.2) is 9.97 Å². The van der Waals surface area contributed by atoms with Gasteiger partial charge in [-0.3, -0.25) is 4.98 Å². The van der Waals surface area contributed by atoms with Gasteiger partial charge in [0.25, 0.3) is 0 Å². The van der Waals surface area contributed by atoms with Crippen LogP contribution in [0.3, 0.4) is 0 Å². The zero-order valence-corrected chi connectivity index (χ0v) is 10.7. The summed E-state index contributed by atoms with van der Waals surface area (Å²) in [5.74, 6) is 0.685. The van der Waals surface area contributed by atoms with Gasteiger partial charge in [0.15, 0.2) is 0 Å². The molecule has 0 bridgehead atoms. The Kier molecular flexibility index (Phi) is 3.34. The summed E-state index contributed by atoms with van der Waals surface area (Å²) in [6, 6.07) is 4.02. The van der Waals surface area contributed by atoms with Gasteiger partial charge in [-0.15, -0.1) is 11.3 Å². The van der Waals surface area contributed by atoms with E-state index in [1.54, 1.807) is 11.3 Å². The van der Waals surface area contributed by atoms with Crippen LogP contribution in [0.15, 0.2) is 24.5 Å². The van der Waals surface area contributed by atoms with Crippen LogP contribution in [-0.2, 0) is 6.42 Å². The third-order valence-corrected chi connectivity index (χ3v) is 3.64. The highest BCUT2D eigenvalue weighted by Gasteiger charge is 2.10. The summed E-state index contributed by atoms with van der Waals surface area (Å²) in [5, 5.41) is 1.11. The Hall–Kier alpha value is -1.22. The van der Waals surface area contributed by atoms with Crippen LogP contribution in [0.2, 0.25) is 0 Å². The highest BCUT2D eigenvalue weighted by molar-refractivity contribution is 7.15. The molecule has 2 aromatic rings. The fraction of sp³-hybridized carbons (Fsp3) is 0.385. The Labute approximate surface area is 100 Å². The number of aromatic nitrogens is 2. The van der Waals surface area contributed by atoms with Gasteiger partial charge < -0.3 is 0 Å². The summed E-state index contributed by atoms with van der Waals surface area (Å²) >= 11 is 1.80. The van der Waals surface area contributed by atoms with Crippen LogP contribution in [0.1, 0.15) is 24.4 Å². The quantitative estimate of drug-likeness (QED) is 0.806. The third-order valence-electron chi connectivity index (χ3n) is 2.41. The molecule has 0 atom stereocenters. The summed E-state index contributed by atoms with van der Waals surface area (Å²) in [6.45, 7) is 6.58. The van der Waals surface area contributed by atoms with Gasteiger partial charge in [0.05, 0.1) is 5.69 Å². The first-order valence-corrected chi connectivity index (χ1v) is 6.35. The van der Waals surface area contributed by atoms with Crippen LogP contribution in [0, 0.1) is 12.8 Å². The predicted molar refractivity (Wildman–Crippen MR) is 68.6 cm³/mol. The zero-order valence-electron chi connectivity index (χ0n) is 9.90. The second-order valence-corrected chi connectivity index (χ2v) is 5.45. The van der Waals surface area contributed by atoms with E-state index >= 15 is 0 Å². The first-order chi connectivity index (χ1) is 7.66. The van der Waals surface area contributed by atoms with Gasteiger partial charge in [0, 0.05) is 22.8 Å². The molecule has 0 spiro atoms. The molecular weight excluding hydrogens is 216 g/mol. The summed E-state index contributed by atoms with van der Waals surface area (Å²) in [4.78, 5) is 10.1. The molecule has 0 aliphatic carbocycles. The minimum absolute atomic E-state index is 0.685. The van der Waals surface area contributed by atoms with Gasteiger partial charge in [-0.1, -0.05) is 13.8 Å². The maximum atomic E-state index is 4.62. The van der Waals surface area contributed by atoms with E-state index in [-0.39, 0.29) is 0 Å². The maximum absolute atomic E-state index is 4.62. The van der Waals surface area contributed by atoms with Crippen molar-refractivity contribution in [3.8, 4) is 10.6 Å². The Balaban J connectivity index is 2.31. The number of nitrogens with zero attached hydrogens (tertiary/aromatic N) is 2. The minimum Gasteiger partial charge on any atom is -0.265 e. The maximum Gasteiger partial charge on any atom is 0.123 e. The minimum atomic E-state index is 0.685. The fourth-order valence-electron chi connectivity index (χ4n) is 1.61. The molecular formula is C13H16N2S. The van der Waals surface area contributed by atoms with Crippen molar-refractivity contribution < 1.29 is 0 Å². The second-order valence-electron chi connectivity index (χ2n) is 4.36. The van der Waals surface area contributed by atoms with Gasteiger partial charge in [-0.2, -0.15) is 0 Å². The number of hydrogen-bond donors (Lipinski definition) is 0. The van der Waals surface area contributed by atoms with Crippen molar-refractivity contribution >= 4 is 11.3 Å². The average Bonchev–Trinajstić information content (AvgIpc) is 2.61. The molecule has 2 rings (SSSR count). The molecule has 0 saturated carbocycles. The molecule has 0 aliphatic heterocycles. The number of pyridine rings is 1. The van der Waals surface area contributed by atoms with Crippen LogP contribution in [0.4, 0.5) is 0 Å². The molecule has 0 N–H and O–H groups in total. The van der Waals surface area contributed by atoms with E-state index in [0.29, 0.717) is 5.92 Å². The Bertz CT molecular complexity index is 460. The van der Waals surface area contributed by atoms with E-state index in [1.165, 1.54) is 10.6 Å². The van der Waals surface area contributed by atoms with Crippen LogP contribution < -0.4 is 0 Å². The molecule has 0 fully saturated rings. The van der Waals surface area contributed by atoms with Gasteiger partial charge in [-0.05, 0) is 31.4 Å². The molecule has 0 unspecified atom stereocenters. The second kappa shape index (κ2) is 4.74. The summed E-state index contributed by atoms with van der Waals surface area (Å²) < 4.78 is 0. The predicted octanol–water partition coefficient (Wildman–Crippen LogP) is 3.71. The van der Waals surface area contributed by atoms with E-state index in [9.17, 15) is 0 Å². The molecule has 0 amide bonds. The van der Waals surface area contributed by atoms with Gasteiger partial charge in [0.1, 0.15) is 5.01 Å². The fourth-order valence-corrected chi connectivity index (χ4v) is 2.89. The van der Waals surface area contributed by atoms with E-state index in [4.69, 9.17) is 0 Å². The Morgan fingerprint density at radius 1 is 1.25 bits per heavy atom. The Morgan fingerprint density at radius 3 is 2.56 bits per heavy atom. The van der Waals surface area contributed by atoms with Crippen molar-refractivity contribution in [1.29, 1.82) is 0 Å². The molecule has 2 aromatic heterocycles. The van der Waals surface area contributed by atoms with E-state index in [1.807, 2.05) is 24.5 Å². The molecule has 0 aliphatic rings. The summed E-state index contributed by atoms with van der Waals surface area (Å²) in [5.41, 5.74) is 2.34. The van der Waals surface area contributed by atoms with Crippen molar-refractivity contribution in [2.24, 2.45) is 5.92 Å². The number of hydrogen-bond acceptors (Lipinski definition) is 3. The standard InChI is InChI=1S/C13H16N2S/c1-9(2)8-12-10(3)15-13(16-12)11-4-6-14-7-5-11/h4-7,9H,8H2,1-3H3. The van der Waals surface area contributed by atoms with Crippen molar-refractivity contribution in [1.82, 2.24) is 9.97 Å². The first-order valence-electron chi connectivity index (χ1n) is 5.53. The number of rotatable bonds is 3. The lowest BCUT2D eigenvalue weighted by Crippen LogP contribution is -1.92. The topological polar surface area (TPSA) is 25.8 Å². The highest BCUT2D eigenvalue weighted by atomic mass is 32.1. The molecule has 3 heteroatoms. The smallest absolute Gasteiger partial charge is 0.123 e. The molecule has 0 aromatic carbocycles. The van der Waals surface area contributed by atoms with Gasteiger partial charge in [-0.25, -0.2) is 4.98 Å². The molecule has 16 heavy (non-hydrogen) atoms. The molecule has 2 nitrogen and oxygen atoms in total. The lowest BCUT2D eigenvalue weighted by Gasteiger charge is -2.00. The number of aryl methyl sites for hydroxylation is 1. The monoisotopic (exact) mass is 232 g/mol. The Morgan fingerprint density at radius 2 is 1.94 bits per heavy atom.